The van der Waals surface area contributed by atoms with Crippen LogP contribution in [0.25, 0.3) is 111 Å². The Balaban J connectivity index is 1.06. The first-order valence-corrected chi connectivity index (χ1v) is 16.8. The summed E-state index contributed by atoms with van der Waals surface area (Å²) in [6, 6.07) is 51.2. The van der Waals surface area contributed by atoms with E-state index in [1.807, 2.05) is 97.1 Å². The highest BCUT2D eigenvalue weighted by atomic mass is 16.3. The van der Waals surface area contributed by atoms with Crippen LogP contribution in [0.4, 0.5) is 0 Å². The highest BCUT2D eigenvalue weighted by Gasteiger charge is 2.19. The Morgan fingerprint density at radius 3 is 1.67 bits per heavy atom. The molecular formula is C45H25N3O3. The third-order valence-electron chi connectivity index (χ3n) is 9.74. The van der Waals surface area contributed by atoms with Gasteiger partial charge in [0.15, 0.2) is 17.5 Å². The van der Waals surface area contributed by atoms with Crippen molar-refractivity contribution in [1.29, 1.82) is 0 Å². The number of hydrogen-bond donors (Lipinski definition) is 0. The van der Waals surface area contributed by atoms with Crippen LogP contribution < -0.4 is 0 Å². The van der Waals surface area contributed by atoms with Gasteiger partial charge in [0.2, 0.25) is 0 Å². The van der Waals surface area contributed by atoms with Crippen LogP contribution in [0.3, 0.4) is 0 Å². The molecule has 238 valence electrons. The molecular weight excluding hydrogens is 631 g/mol. The molecule has 0 N–H and O–H groups in total. The molecule has 4 aromatic heterocycles. The Labute approximate surface area is 290 Å². The Bertz CT molecular complexity index is 3150. The van der Waals surface area contributed by atoms with Gasteiger partial charge in [0.05, 0.1) is 5.56 Å². The van der Waals surface area contributed by atoms with Gasteiger partial charge in [-0.05, 0) is 53.6 Å². The van der Waals surface area contributed by atoms with Crippen molar-refractivity contribution in [3.8, 4) is 45.3 Å². The molecule has 0 aliphatic carbocycles. The Kier molecular flexibility index (Phi) is 5.86. The zero-order chi connectivity index (χ0) is 33.5. The summed E-state index contributed by atoms with van der Waals surface area (Å²) < 4.78 is 18.8. The second kappa shape index (κ2) is 10.7. The van der Waals surface area contributed by atoms with E-state index in [9.17, 15) is 0 Å². The maximum Gasteiger partial charge on any atom is 0.167 e. The fourth-order valence-corrected chi connectivity index (χ4v) is 7.28. The van der Waals surface area contributed by atoms with Gasteiger partial charge in [0.25, 0.3) is 0 Å². The number of nitrogens with zero attached hydrogens (tertiary/aromatic N) is 3. The molecule has 0 saturated heterocycles. The van der Waals surface area contributed by atoms with Gasteiger partial charge in [-0.15, -0.1) is 0 Å². The van der Waals surface area contributed by atoms with E-state index in [2.05, 4.69) is 54.6 Å². The SMILES string of the molecule is c1ccc(-c2nc(-c3cccc(-c4ccc5oc6cc7oc8ccccc8c7cc6c5c4)c3)nc(-c3cccc4c3oc3ccccc34)n2)cc1. The maximum absolute atomic E-state index is 6.39. The lowest BCUT2D eigenvalue weighted by Crippen LogP contribution is -2.00. The number of furan rings is 3. The molecule has 0 fully saturated rings. The predicted molar refractivity (Wildman–Crippen MR) is 203 cm³/mol. The second-order valence-corrected chi connectivity index (χ2v) is 12.8. The largest absolute Gasteiger partial charge is 0.456 e. The molecule has 11 aromatic rings. The van der Waals surface area contributed by atoms with E-state index in [4.69, 9.17) is 28.2 Å². The first-order chi connectivity index (χ1) is 25.2. The summed E-state index contributed by atoms with van der Waals surface area (Å²) in [5.74, 6) is 1.73. The molecule has 6 nitrogen and oxygen atoms in total. The molecule has 0 bridgehead atoms. The Morgan fingerprint density at radius 1 is 0.294 bits per heavy atom. The molecule has 0 saturated carbocycles. The van der Waals surface area contributed by atoms with E-state index in [1.54, 1.807) is 0 Å². The van der Waals surface area contributed by atoms with Crippen LogP contribution in [0.5, 0.6) is 0 Å². The maximum atomic E-state index is 6.39. The van der Waals surface area contributed by atoms with Crippen LogP contribution >= 0.6 is 0 Å². The number of para-hydroxylation sites is 3. The van der Waals surface area contributed by atoms with E-state index >= 15 is 0 Å². The van der Waals surface area contributed by atoms with Crippen LogP contribution in [0, 0.1) is 0 Å². The second-order valence-electron chi connectivity index (χ2n) is 12.8. The molecule has 0 atom stereocenters. The van der Waals surface area contributed by atoms with Crippen LogP contribution in [0.1, 0.15) is 0 Å². The van der Waals surface area contributed by atoms with Gasteiger partial charge in [-0.2, -0.15) is 0 Å². The van der Waals surface area contributed by atoms with Gasteiger partial charge in [-0.3, -0.25) is 0 Å². The summed E-state index contributed by atoms with van der Waals surface area (Å²) >= 11 is 0. The molecule has 6 heteroatoms. The molecule has 0 aliphatic heterocycles. The van der Waals surface area contributed by atoms with E-state index < -0.39 is 0 Å². The summed E-state index contributed by atoms with van der Waals surface area (Å²) in [7, 11) is 0. The molecule has 7 aromatic carbocycles. The lowest BCUT2D eigenvalue weighted by Gasteiger charge is -2.10. The van der Waals surface area contributed by atoms with Crippen molar-refractivity contribution in [2.75, 3.05) is 0 Å². The van der Waals surface area contributed by atoms with E-state index in [-0.39, 0.29) is 0 Å². The third kappa shape index (κ3) is 4.40. The van der Waals surface area contributed by atoms with E-state index in [0.717, 1.165) is 93.6 Å². The van der Waals surface area contributed by atoms with Crippen molar-refractivity contribution in [3.63, 3.8) is 0 Å². The summed E-state index contributed by atoms with van der Waals surface area (Å²) in [4.78, 5) is 15.1. The van der Waals surface area contributed by atoms with Gasteiger partial charge in [0, 0.05) is 49.5 Å². The number of aromatic nitrogens is 3. The third-order valence-corrected chi connectivity index (χ3v) is 9.74. The van der Waals surface area contributed by atoms with Gasteiger partial charge in [-0.25, -0.2) is 15.0 Å². The minimum Gasteiger partial charge on any atom is -0.456 e. The first kappa shape index (κ1) is 27.9. The zero-order valence-corrected chi connectivity index (χ0v) is 27.0. The van der Waals surface area contributed by atoms with Crippen LogP contribution in [-0.2, 0) is 0 Å². The van der Waals surface area contributed by atoms with Crippen molar-refractivity contribution in [1.82, 2.24) is 15.0 Å². The normalized spacial score (nSPS) is 11.9. The summed E-state index contributed by atoms with van der Waals surface area (Å²) in [5.41, 5.74) is 9.62. The lowest BCUT2D eigenvalue weighted by molar-refractivity contribution is 0.656. The van der Waals surface area contributed by atoms with Crippen molar-refractivity contribution in [2.24, 2.45) is 0 Å². The van der Waals surface area contributed by atoms with Gasteiger partial charge < -0.3 is 13.3 Å². The van der Waals surface area contributed by atoms with Crippen molar-refractivity contribution >= 4 is 65.8 Å². The van der Waals surface area contributed by atoms with E-state index in [0.29, 0.717) is 17.5 Å². The van der Waals surface area contributed by atoms with Crippen molar-refractivity contribution < 1.29 is 13.3 Å². The molecule has 11 rings (SSSR count). The molecule has 0 amide bonds. The highest BCUT2D eigenvalue weighted by Crippen LogP contribution is 2.39. The summed E-state index contributed by atoms with van der Waals surface area (Å²) in [5, 5.41) is 6.35. The molecule has 4 heterocycles. The monoisotopic (exact) mass is 655 g/mol. The lowest BCUT2D eigenvalue weighted by atomic mass is 10.00. The fraction of sp³-hybridized carbons (Fsp3) is 0. The number of fused-ring (bicyclic) bond motifs is 9. The first-order valence-electron chi connectivity index (χ1n) is 16.8. The molecule has 0 aliphatic rings. The highest BCUT2D eigenvalue weighted by molar-refractivity contribution is 6.15. The van der Waals surface area contributed by atoms with Crippen molar-refractivity contribution in [2.45, 2.75) is 0 Å². The number of hydrogen-bond acceptors (Lipinski definition) is 6. The fourth-order valence-electron chi connectivity index (χ4n) is 7.28. The van der Waals surface area contributed by atoms with Crippen molar-refractivity contribution in [3.05, 3.63) is 152 Å². The molecule has 0 unspecified atom stereocenters. The van der Waals surface area contributed by atoms with E-state index in [1.165, 1.54) is 0 Å². The molecule has 0 spiro atoms. The minimum atomic E-state index is 0.554. The summed E-state index contributed by atoms with van der Waals surface area (Å²) in [6.45, 7) is 0. The Hall–Kier alpha value is -7.05. The standard InChI is InChI=1S/C45H25N3O3/c1-2-10-26(11-3-1)43-46-44(48-45(47-43)33-17-9-16-32-30-14-4-7-19-38(30)51-42(32)33)29-13-8-12-27(22-29)28-20-21-39-34(23-28)36-24-35-31-15-5-6-18-37(31)49-40(35)25-41(36)50-39/h1-25H. The van der Waals surface area contributed by atoms with Crippen LogP contribution in [0.2, 0.25) is 0 Å². The average Bonchev–Trinajstić information content (AvgIpc) is 3.87. The Morgan fingerprint density at radius 2 is 0.843 bits per heavy atom. The number of rotatable bonds is 4. The quantitative estimate of drug-likeness (QED) is 0.188. The molecule has 51 heavy (non-hydrogen) atoms. The predicted octanol–water partition coefficient (Wildman–Crippen LogP) is 12.2. The van der Waals surface area contributed by atoms with Gasteiger partial charge >= 0.3 is 0 Å². The van der Waals surface area contributed by atoms with Crippen LogP contribution in [0.15, 0.2) is 165 Å². The summed E-state index contributed by atoms with van der Waals surface area (Å²) in [6.07, 6.45) is 0. The topological polar surface area (TPSA) is 78.1 Å². The number of benzene rings is 7. The van der Waals surface area contributed by atoms with Gasteiger partial charge in [0.1, 0.15) is 33.5 Å². The average molecular weight is 656 g/mol. The molecule has 0 radical (unpaired) electrons. The minimum absolute atomic E-state index is 0.554. The smallest absolute Gasteiger partial charge is 0.167 e. The van der Waals surface area contributed by atoms with Gasteiger partial charge in [-0.1, -0.05) is 103 Å². The van der Waals surface area contributed by atoms with Crippen LogP contribution in [-0.4, -0.2) is 15.0 Å². The zero-order valence-electron chi connectivity index (χ0n) is 27.0.